The van der Waals surface area contributed by atoms with Crippen molar-refractivity contribution in [2.45, 2.75) is 26.8 Å². The highest BCUT2D eigenvalue weighted by molar-refractivity contribution is 14.1. The molecular formula is C25H22ClI2N3O3S. The van der Waals surface area contributed by atoms with Crippen LogP contribution in [0.4, 0.5) is 0 Å². The Morgan fingerprint density at radius 2 is 1.80 bits per heavy atom. The molecule has 1 aromatic heterocycles. The Kier molecular flexibility index (Phi) is 8.08. The van der Waals surface area contributed by atoms with Crippen LogP contribution in [0.2, 0.25) is 5.02 Å². The van der Waals surface area contributed by atoms with Crippen LogP contribution in [0.15, 0.2) is 57.5 Å². The number of likely N-dealkylation sites (N-methyl/N-ethyl adjacent to an activating group) is 1. The maximum Gasteiger partial charge on any atom is 0.271 e. The molecule has 1 atom stereocenters. The van der Waals surface area contributed by atoms with Crippen molar-refractivity contribution in [3.63, 3.8) is 0 Å². The first-order chi connectivity index (χ1) is 16.7. The Bertz CT molecular complexity index is 1500. The van der Waals surface area contributed by atoms with Gasteiger partial charge in [-0.25, -0.2) is 4.99 Å². The fourth-order valence-corrected chi connectivity index (χ4v) is 7.05. The predicted molar refractivity (Wildman–Crippen MR) is 157 cm³/mol. The van der Waals surface area contributed by atoms with Crippen molar-refractivity contribution >= 4 is 80.1 Å². The highest BCUT2D eigenvalue weighted by Gasteiger charge is 2.34. The van der Waals surface area contributed by atoms with Crippen molar-refractivity contribution < 1.29 is 9.90 Å². The number of nitrogens with zero attached hydrogens (tertiary/aromatic N) is 3. The molecule has 0 fully saturated rings. The third kappa shape index (κ3) is 5.09. The maximum atomic E-state index is 13.7. The molecule has 0 radical (unpaired) electrons. The Labute approximate surface area is 238 Å². The fourth-order valence-electron chi connectivity index (χ4n) is 4.06. The monoisotopic (exact) mass is 733 g/mol. The van der Waals surface area contributed by atoms with Gasteiger partial charge >= 0.3 is 0 Å². The van der Waals surface area contributed by atoms with E-state index >= 15 is 0 Å². The first-order valence-electron chi connectivity index (χ1n) is 10.9. The number of rotatable bonds is 5. The van der Waals surface area contributed by atoms with E-state index in [-0.39, 0.29) is 17.2 Å². The summed E-state index contributed by atoms with van der Waals surface area (Å²) in [5, 5.41) is 10.7. The summed E-state index contributed by atoms with van der Waals surface area (Å²) in [5.74, 6) is 0.0934. The van der Waals surface area contributed by atoms with Crippen molar-refractivity contribution in [1.82, 2.24) is 9.47 Å². The summed E-state index contributed by atoms with van der Waals surface area (Å²) in [6.45, 7) is 6.81. The van der Waals surface area contributed by atoms with Crippen LogP contribution in [0.3, 0.4) is 0 Å². The van der Waals surface area contributed by atoms with E-state index in [1.807, 2.05) is 45.0 Å². The zero-order valence-corrected chi connectivity index (χ0v) is 25.1. The molecule has 1 amide bonds. The van der Waals surface area contributed by atoms with E-state index in [0.29, 0.717) is 45.9 Å². The Morgan fingerprint density at radius 3 is 2.37 bits per heavy atom. The minimum atomic E-state index is -0.612. The molecule has 4 rings (SSSR count). The Balaban J connectivity index is 1.96. The summed E-state index contributed by atoms with van der Waals surface area (Å²) in [7, 11) is 0. The molecule has 6 nitrogen and oxygen atoms in total. The highest BCUT2D eigenvalue weighted by Crippen LogP contribution is 2.32. The number of fused-ring (bicyclic) bond motifs is 1. The summed E-state index contributed by atoms with van der Waals surface area (Å²) in [5.41, 5.74) is 2.47. The molecule has 0 bridgehead atoms. The molecule has 0 aliphatic carbocycles. The molecule has 35 heavy (non-hydrogen) atoms. The first kappa shape index (κ1) is 26.4. The largest absolute Gasteiger partial charge is 0.506 e. The summed E-state index contributed by atoms with van der Waals surface area (Å²) < 4.78 is 3.52. The van der Waals surface area contributed by atoms with E-state index in [1.165, 1.54) is 11.3 Å². The van der Waals surface area contributed by atoms with E-state index < -0.39 is 6.04 Å². The number of aromatic hydroxyl groups is 1. The number of amides is 1. The van der Waals surface area contributed by atoms with Gasteiger partial charge < -0.3 is 10.0 Å². The number of thiazole rings is 1. The average molecular weight is 734 g/mol. The van der Waals surface area contributed by atoms with Gasteiger partial charge in [0.2, 0.25) is 0 Å². The summed E-state index contributed by atoms with van der Waals surface area (Å²) in [4.78, 5) is 34.3. The molecule has 182 valence electrons. The number of phenols is 1. The predicted octanol–water partition coefficient (Wildman–Crippen LogP) is 4.67. The van der Waals surface area contributed by atoms with E-state index in [2.05, 4.69) is 50.2 Å². The van der Waals surface area contributed by atoms with Crippen LogP contribution in [-0.2, 0) is 4.79 Å². The van der Waals surface area contributed by atoms with Gasteiger partial charge in [0.05, 0.1) is 29.0 Å². The van der Waals surface area contributed by atoms with Gasteiger partial charge in [-0.1, -0.05) is 35.1 Å². The zero-order valence-electron chi connectivity index (χ0n) is 19.2. The number of hydrogen-bond acceptors (Lipinski definition) is 5. The van der Waals surface area contributed by atoms with Crippen LogP contribution in [0.5, 0.6) is 5.75 Å². The minimum Gasteiger partial charge on any atom is -0.506 e. The zero-order chi connectivity index (χ0) is 25.4. The Morgan fingerprint density at radius 1 is 1.20 bits per heavy atom. The molecular weight excluding hydrogens is 712 g/mol. The standard InChI is InChI=1S/C25H22ClI2N3O3S/c1-4-30(5-2)24(34)20-13(3)29-25-31(21(20)15-6-8-16(26)9-7-15)23(33)19(35-25)12-14-10-17(27)22(32)18(28)11-14/h6-12,21,32H,4-5H2,1-3H3/b19-12+/t21-/m1/s1. The number of hydrogen-bond donors (Lipinski definition) is 1. The number of carbonyl (C=O) groups excluding carboxylic acids is 1. The lowest BCUT2D eigenvalue weighted by Gasteiger charge is -2.29. The molecule has 2 heterocycles. The van der Waals surface area contributed by atoms with Crippen molar-refractivity contribution in [3.05, 3.63) is 90.6 Å². The molecule has 0 spiro atoms. The number of aromatic nitrogens is 1. The number of carbonyl (C=O) groups is 1. The Hall–Kier alpha value is -1.70. The summed E-state index contributed by atoms with van der Waals surface area (Å²) in [6.07, 6.45) is 1.80. The minimum absolute atomic E-state index is 0.131. The third-order valence-electron chi connectivity index (χ3n) is 5.83. The van der Waals surface area contributed by atoms with Crippen LogP contribution in [0, 0.1) is 7.14 Å². The lowest BCUT2D eigenvalue weighted by atomic mass is 9.94. The fraction of sp³-hybridized carbons (Fsp3) is 0.240. The molecule has 0 saturated carbocycles. The second kappa shape index (κ2) is 10.7. The van der Waals surface area contributed by atoms with E-state index in [4.69, 9.17) is 11.6 Å². The van der Waals surface area contributed by atoms with Gasteiger partial charge in [-0.15, -0.1) is 0 Å². The lowest BCUT2D eigenvalue weighted by molar-refractivity contribution is -0.127. The van der Waals surface area contributed by atoms with Gasteiger partial charge in [0.15, 0.2) is 4.80 Å². The first-order valence-corrected chi connectivity index (χ1v) is 14.3. The quantitative estimate of drug-likeness (QED) is 0.388. The van der Waals surface area contributed by atoms with Crippen molar-refractivity contribution in [1.29, 1.82) is 0 Å². The smallest absolute Gasteiger partial charge is 0.271 e. The second-order valence-corrected chi connectivity index (χ2v) is 11.7. The van der Waals surface area contributed by atoms with Gasteiger partial charge in [0.25, 0.3) is 11.5 Å². The second-order valence-electron chi connectivity index (χ2n) is 7.94. The van der Waals surface area contributed by atoms with E-state index in [1.54, 1.807) is 27.7 Å². The number of benzene rings is 2. The van der Waals surface area contributed by atoms with Crippen LogP contribution >= 0.6 is 68.1 Å². The van der Waals surface area contributed by atoms with E-state index in [0.717, 1.165) is 11.1 Å². The molecule has 0 saturated heterocycles. The molecule has 10 heteroatoms. The molecule has 1 N–H and O–H groups in total. The number of allylic oxidation sites excluding steroid dienone is 1. The SMILES string of the molecule is CCN(CC)C(=O)C1=C(C)N=c2s/c(=C/c3cc(I)c(O)c(I)c3)c(=O)n2[C@@H]1c1ccc(Cl)cc1. The van der Waals surface area contributed by atoms with Crippen LogP contribution in [0.1, 0.15) is 37.9 Å². The molecule has 2 aromatic carbocycles. The van der Waals surface area contributed by atoms with Gasteiger partial charge in [-0.2, -0.15) is 0 Å². The van der Waals surface area contributed by atoms with Crippen LogP contribution in [0.25, 0.3) is 6.08 Å². The maximum absolute atomic E-state index is 13.7. The lowest BCUT2D eigenvalue weighted by Crippen LogP contribution is -2.43. The van der Waals surface area contributed by atoms with Crippen LogP contribution in [-0.4, -0.2) is 33.6 Å². The number of phenolic OH excluding ortho intramolecular Hbond substituents is 1. The van der Waals surface area contributed by atoms with Gasteiger partial charge in [0.1, 0.15) is 5.75 Å². The topological polar surface area (TPSA) is 74.9 Å². The molecule has 1 aliphatic heterocycles. The normalized spacial score (nSPS) is 15.7. The molecule has 0 unspecified atom stereocenters. The average Bonchev–Trinajstić information content (AvgIpc) is 3.12. The third-order valence-corrected chi connectivity index (χ3v) is 8.71. The number of halogens is 3. The summed E-state index contributed by atoms with van der Waals surface area (Å²) in [6, 6.07) is 10.3. The van der Waals surface area contributed by atoms with Crippen molar-refractivity contribution in [2.24, 2.45) is 4.99 Å². The molecule has 3 aromatic rings. The highest BCUT2D eigenvalue weighted by atomic mass is 127. The molecule has 1 aliphatic rings. The van der Waals surface area contributed by atoms with Crippen molar-refractivity contribution in [3.8, 4) is 5.75 Å². The van der Waals surface area contributed by atoms with Gasteiger partial charge in [-0.05, 0) is 107 Å². The van der Waals surface area contributed by atoms with Crippen LogP contribution < -0.4 is 14.9 Å². The van der Waals surface area contributed by atoms with Gasteiger partial charge in [-0.3, -0.25) is 14.2 Å². The van der Waals surface area contributed by atoms with E-state index in [9.17, 15) is 14.7 Å². The van der Waals surface area contributed by atoms with Gasteiger partial charge in [0, 0.05) is 18.1 Å². The van der Waals surface area contributed by atoms with Crippen molar-refractivity contribution in [2.75, 3.05) is 13.1 Å². The summed E-state index contributed by atoms with van der Waals surface area (Å²) >= 11 is 11.6.